The van der Waals surface area contributed by atoms with Gasteiger partial charge in [-0.3, -0.25) is 4.90 Å². The molecule has 20 heavy (non-hydrogen) atoms. The molecule has 0 bridgehead atoms. The molecule has 0 saturated carbocycles. The van der Waals surface area contributed by atoms with Crippen LogP contribution in [0.5, 0.6) is 0 Å². The van der Waals surface area contributed by atoms with Crippen LogP contribution in [-0.2, 0) is 11.3 Å². The van der Waals surface area contributed by atoms with Gasteiger partial charge in [-0.2, -0.15) is 0 Å². The molecule has 110 valence electrons. The van der Waals surface area contributed by atoms with Gasteiger partial charge in [-0.25, -0.2) is 0 Å². The minimum Gasteiger partial charge on any atom is -0.468 e. The molecule has 0 unspecified atom stereocenters. The Hall–Kier alpha value is -0.840. The lowest BCUT2D eigenvalue weighted by Crippen LogP contribution is -2.36. The Labute approximate surface area is 120 Å². The van der Waals surface area contributed by atoms with Crippen LogP contribution >= 0.6 is 0 Å². The Bertz CT molecular complexity index is 428. The first-order chi connectivity index (χ1) is 9.88. The van der Waals surface area contributed by atoms with Gasteiger partial charge in [0, 0.05) is 32.3 Å². The van der Waals surface area contributed by atoms with E-state index in [2.05, 4.69) is 15.9 Å². The van der Waals surface area contributed by atoms with E-state index in [9.17, 15) is 0 Å². The SMILES string of the molecule is c1coc(CN2CC[C@H]3CN(C[C@@H]4CCOC4)C[C@H]32)c1. The third-order valence-corrected chi connectivity index (χ3v) is 5.22. The molecule has 4 heteroatoms. The van der Waals surface area contributed by atoms with E-state index < -0.39 is 0 Å². The topological polar surface area (TPSA) is 28.9 Å². The third-order valence-electron chi connectivity index (χ3n) is 5.22. The highest BCUT2D eigenvalue weighted by Gasteiger charge is 2.41. The standard InChI is InChI=1S/C16H24N2O2/c1-2-15(20-6-1)10-18-5-3-14-9-17(11-16(14)18)8-13-4-7-19-12-13/h1-2,6,13-14,16H,3-5,7-12H2/t13-,14-,16+/m0/s1. The molecular formula is C16H24N2O2. The van der Waals surface area contributed by atoms with Crippen molar-refractivity contribution in [1.82, 2.24) is 9.80 Å². The van der Waals surface area contributed by atoms with Crippen molar-refractivity contribution >= 4 is 0 Å². The number of furan rings is 1. The monoisotopic (exact) mass is 276 g/mol. The molecule has 0 aliphatic carbocycles. The lowest BCUT2D eigenvalue weighted by molar-refractivity contribution is 0.165. The second kappa shape index (κ2) is 5.51. The van der Waals surface area contributed by atoms with E-state index in [1.807, 2.05) is 6.07 Å². The molecule has 1 aromatic heterocycles. The Morgan fingerprint density at radius 1 is 1.25 bits per heavy atom. The van der Waals surface area contributed by atoms with Gasteiger partial charge in [0.1, 0.15) is 5.76 Å². The van der Waals surface area contributed by atoms with Crippen LogP contribution in [0.4, 0.5) is 0 Å². The van der Waals surface area contributed by atoms with Crippen LogP contribution in [0, 0.1) is 11.8 Å². The fourth-order valence-electron chi connectivity index (χ4n) is 4.18. The lowest BCUT2D eigenvalue weighted by Gasteiger charge is -2.24. The summed E-state index contributed by atoms with van der Waals surface area (Å²) in [5, 5.41) is 0. The van der Waals surface area contributed by atoms with E-state index in [0.29, 0.717) is 0 Å². The Morgan fingerprint density at radius 2 is 2.25 bits per heavy atom. The summed E-state index contributed by atoms with van der Waals surface area (Å²) in [7, 11) is 0. The summed E-state index contributed by atoms with van der Waals surface area (Å²) in [6.45, 7) is 7.92. The maximum atomic E-state index is 5.51. The van der Waals surface area contributed by atoms with E-state index in [1.165, 1.54) is 39.0 Å². The first kappa shape index (κ1) is 12.9. The zero-order valence-corrected chi connectivity index (χ0v) is 12.0. The summed E-state index contributed by atoms with van der Waals surface area (Å²) in [5.41, 5.74) is 0. The summed E-state index contributed by atoms with van der Waals surface area (Å²) < 4.78 is 11.0. The average molecular weight is 276 g/mol. The minimum atomic E-state index is 0.738. The van der Waals surface area contributed by atoms with Crippen molar-refractivity contribution in [3.05, 3.63) is 24.2 Å². The van der Waals surface area contributed by atoms with Crippen LogP contribution < -0.4 is 0 Å². The molecule has 0 aromatic carbocycles. The van der Waals surface area contributed by atoms with Crippen LogP contribution in [0.3, 0.4) is 0 Å². The van der Waals surface area contributed by atoms with Crippen molar-refractivity contribution in [1.29, 1.82) is 0 Å². The van der Waals surface area contributed by atoms with Gasteiger partial charge in [0.05, 0.1) is 19.4 Å². The number of nitrogens with zero attached hydrogens (tertiary/aromatic N) is 2. The molecule has 0 radical (unpaired) electrons. The first-order valence-electron chi connectivity index (χ1n) is 7.95. The molecule has 0 amide bonds. The molecule has 3 atom stereocenters. The molecule has 4 rings (SSSR count). The van der Waals surface area contributed by atoms with Gasteiger partial charge in [0.25, 0.3) is 0 Å². The molecule has 4 nitrogen and oxygen atoms in total. The Balaban J connectivity index is 1.34. The normalized spacial score (nSPS) is 34.9. The van der Waals surface area contributed by atoms with Crippen LogP contribution in [0.2, 0.25) is 0 Å². The summed E-state index contributed by atoms with van der Waals surface area (Å²) in [4.78, 5) is 5.29. The highest BCUT2D eigenvalue weighted by Crippen LogP contribution is 2.33. The van der Waals surface area contributed by atoms with Crippen molar-refractivity contribution in [2.45, 2.75) is 25.4 Å². The van der Waals surface area contributed by atoms with Crippen molar-refractivity contribution in [2.75, 3.05) is 39.4 Å². The van der Waals surface area contributed by atoms with Gasteiger partial charge in [0.15, 0.2) is 0 Å². The fraction of sp³-hybridized carbons (Fsp3) is 0.750. The van der Waals surface area contributed by atoms with Gasteiger partial charge in [-0.05, 0) is 43.4 Å². The number of likely N-dealkylation sites (tertiary alicyclic amines) is 2. The molecule has 3 saturated heterocycles. The molecule has 0 N–H and O–H groups in total. The zero-order chi connectivity index (χ0) is 13.4. The van der Waals surface area contributed by atoms with Gasteiger partial charge in [-0.15, -0.1) is 0 Å². The molecule has 3 aliphatic rings. The average Bonchev–Trinajstić information content (AvgIpc) is 3.18. The molecule has 4 heterocycles. The second-order valence-corrected chi connectivity index (χ2v) is 6.61. The highest BCUT2D eigenvalue weighted by molar-refractivity contribution is 5.02. The molecule has 1 aromatic rings. The fourth-order valence-corrected chi connectivity index (χ4v) is 4.18. The summed E-state index contributed by atoms with van der Waals surface area (Å²) in [6.07, 6.45) is 4.38. The number of rotatable bonds is 4. The van der Waals surface area contributed by atoms with E-state index in [-0.39, 0.29) is 0 Å². The number of hydrogen-bond donors (Lipinski definition) is 0. The van der Waals surface area contributed by atoms with Crippen molar-refractivity contribution < 1.29 is 9.15 Å². The third kappa shape index (κ3) is 2.52. The van der Waals surface area contributed by atoms with E-state index in [0.717, 1.165) is 43.4 Å². The maximum absolute atomic E-state index is 5.51. The van der Waals surface area contributed by atoms with Crippen LogP contribution in [0.15, 0.2) is 22.8 Å². The predicted molar refractivity (Wildman–Crippen MR) is 76.4 cm³/mol. The van der Waals surface area contributed by atoms with E-state index in [4.69, 9.17) is 9.15 Å². The Kier molecular flexibility index (Phi) is 3.54. The zero-order valence-electron chi connectivity index (χ0n) is 12.0. The van der Waals surface area contributed by atoms with Crippen LogP contribution in [0.1, 0.15) is 18.6 Å². The number of ether oxygens (including phenoxy) is 1. The minimum absolute atomic E-state index is 0.738. The van der Waals surface area contributed by atoms with Crippen molar-refractivity contribution in [3.8, 4) is 0 Å². The van der Waals surface area contributed by atoms with Crippen LogP contribution in [0.25, 0.3) is 0 Å². The summed E-state index contributed by atoms with van der Waals surface area (Å²) in [5.74, 6) is 2.74. The lowest BCUT2D eigenvalue weighted by atomic mass is 10.1. The van der Waals surface area contributed by atoms with Crippen LogP contribution in [-0.4, -0.2) is 55.2 Å². The van der Waals surface area contributed by atoms with Crippen molar-refractivity contribution in [2.24, 2.45) is 11.8 Å². The molecular weight excluding hydrogens is 252 g/mol. The van der Waals surface area contributed by atoms with Crippen molar-refractivity contribution in [3.63, 3.8) is 0 Å². The van der Waals surface area contributed by atoms with Gasteiger partial charge in [-0.1, -0.05) is 0 Å². The second-order valence-electron chi connectivity index (χ2n) is 6.61. The largest absolute Gasteiger partial charge is 0.468 e. The smallest absolute Gasteiger partial charge is 0.117 e. The number of fused-ring (bicyclic) bond motifs is 1. The predicted octanol–water partition coefficient (Wildman–Crippen LogP) is 1.82. The van der Waals surface area contributed by atoms with Gasteiger partial charge < -0.3 is 14.1 Å². The summed E-state index contributed by atoms with van der Waals surface area (Å²) in [6, 6.07) is 4.82. The molecule has 0 spiro atoms. The summed E-state index contributed by atoms with van der Waals surface area (Å²) >= 11 is 0. The first-order valence-corrected chi connectivity index (χ1v) is 7.95. The van der Waals surface area contributed by atoms with E-state index >= 15 is 0 Å². The molecule has 3 aliphatic heterocycles. The van der Waals surface area contributed by atoms with Gasteiger partial charge in [0.2, 0.25) is 0 Å². The Morgan fingerprint density at radius 3 is 3.05 bits per heavy atom. The quantitative estimate of drug-likeness (QED) is 0.839. The van der Waals surface area contributed by atoms with Gasteiger partial charge >= 0.3 is 0 Å². The number of hydrogen-bond acceptors (Lipinski definition) is 4. The molecule has 3 fully saturated rings. The highest BCUT2D eigenvalue weighted by atomic mass is 16.5. The maximum Gasteiger partial charge on any atom is 0.117 e. The van der Waals surface area contributed by atoms with E-state index in [1.54, 1.807) is 6.26 Å².